The van der Waals surface area contributed by atoms with Crippen LogP contribution >= 0.6 is 15.9 Å². The fourth-order valence-electron chi connectivity index (χ4n) is 2.70. The summed E-state index contributed by atoms with van der Waals surface area (Å²) in [5.74, 6) is -1.02. The van der Waals surface area contributed by atoms with E-state index in [0.717, 1.165) is 6.42 Å². The molecule has 1 amide bonds. The minimum Gasteiger partial charge on any atom is -0.481 e. The van der Waals surface area contributed by atoms with Crippen molar-refractivity contribution in [1.82, 2.24) is 9.88 Å². The molecule has 0 saturated carbocycles. The van der Waals surface area contributed by atoms with Crippen LogP contribution < -0.4 is 0 Å². The fourth-order valence-corrected chi connectivity index (χ4v) is 3.13. The number of likely N-dealkylation sites (tertiary alicyclic amines) is 1. The summed E-state index contributed by atoms with van der Waals surface area (Å²) in [5.41, 5.74) is -0.462. The van der Waals surface area contributed by atoms with Gasteiger partial charge in [-0.25, -0.2) is 4.98 Å². The summed E-state index contributed by atoms with van der Waals surface area (Å²) in [4.78, 5) is 29.6. The van der Waals surface area contributed by atoms with Gasteiger partial charge < -0.3 is 10.0 Å². The molecular formula is C14H17BrN2O3. The molecule has 20 heavy (non-hydrogen) atoms. The first-order valence-corrected chi connectivity index (χ1v) is 7.42. The molecule has 0 radical (unpaired) electrons. The van der Waals surface area contributed by atoms with Crippen LogP contribution in [0.1, 0.15) is 36.7 Å². The van der Waals surface area contributed by atoms with Crippen molar-refractivity contribution in [1.29, 1.82) is 0 Å². The van der Waals surface area contributed by atoms with Crippen LogP contribution in [-0.2, 0) is 4.79 Å². The second-order valence-electron chi connectivity index (χ2n) is 5.15. The molecule has 0 spiro atoms. The van der Waals surface area contributed by atoms with E-state index in [0.29, 0.717) is 29.6 Å². The van der Waals surface area contributed by atoms with E-state index in [1.807, 2.05) is 6.92 Å². The summed E-state index contributed by atoms with van der Waals surface area (Å²) < 4.78 is 0.633. The topological polar surface area (TPSA) is 70.5 Å². The molecule has 1 aliphatic rings. The van der Waals surface area contributed by atoms with E-state index < -0.39 is 11.4 Å². The monoisotopic (exact) mass is 340 g/mol. The van der Waals surface area contributed by atoms with E-state index in [9.17, 15) is 14.7 Å². The number of carboxylic acid groups (broad SMARTS) is 1. The van der Waals surface area contributed by atoms with Crippen LogP contribution in [-0.4, -0.2) is 40.0 Å². The maximum Gasteiger partial charge on any atom is 0.311 e. The highest BCUT2D eigenvalue weighted by molar-refractivity contribution is 9.10. The first-order valence-electron chi connectivity index (χ1n) is 6.63. The number of aromatic nitrogens is 1. The number of pyridine rings is 1. The SMILES string of the molecule is CCCC1(C(=O)O)CCN(C(=O)c2ncccc2Br)C1. The quantitative estimate of drug-likeness (QED) is 0.914. The van der Waals surface area contributed by atoms with Crippen molar-refractivity contribution in [3.05, 3.63) is 28.5 Å². The minimum absolute atomic E-state index is 0.211. The van der Waals surface area contributed by atoms with E-state index >= 15 is 0 Å². The third-order valence-corrected chi connectivity index (χ3v) is 4.42. The Labute approximate surface area is 126 Å². The first kappa shape index (κ1) is 15.0. The summed E-state index contributed by atoms with van der Waals surface area (Å²) >= 11 is 3.31. The van der Waals surface area contributed by atoms with Gasteiger partial charge in [0.05, 0.1) is 5.41 Å². The van der Waals surface area contributed by atoms with Gasteiger partial charge in [0.2, 0.25) is 0 Å². The summed E-state index contributed by atoms with van der Waals surface area (Å²) in [6.45, 7) is 2.69. The van der Waals surface area contributed by atoms with Gasteiger partial charge in [0.15, 0.2) is 0 Å². The van der Waals surface area contributed by atoms with Crippen molar-refractivity contribution < 1.29 is 14.7 Å². The molecule has 1 fully saturated rings. The van der Waals surface area contributed by atoms with Gasteiger partial charge in [-0.15, -0.1) is 0 Å². The number of rotatable bonds is 4. The molecule has 1 aromatic rings. The Morgan fingerprint density at radius 3 is 2.90 bits per heavy atom. The van der Waals surface area contributed by atoms with Crippen LogP contribution in [0, 0.1) is 5.41 Å². The number of hydrogen-bond acceptors (Lipinski definition) is 3. The van der Waals surface area contributed by atoms with Crippen molar-refractivity contribution in [2.24, 2.45) is 5.41 Å². The Morgan fingerprint density at radius 2 is 2.30 bits per heavy atom. The van der Waals surface area contributed by atoms with Crippen LogP contribution in [0.15, 0.2) is 22.8 Å². The minimum atomic E-state index is -0.810. The summed E-state index contributed by atoms with van der Waals surface area (Å²) in [6.07, 6.45) is 3.45. The number of aliphatic carboxylic acids is 1. The van der Waals surface area contributed by atoms with Crippen molar-refractivity contribution in [3.63, 3.8) is 0 Å². The molecule has 1 aromatic heterocycles. The molecule has 0 bridgehead atoms. The van der Waals surface area contributed by atoms with E-state index in [2.05, 4.69) is 20.9 Å². The second-order valence-corrected chi connectivity index (χ2v) is 6.00. The summed E-state index contributed by atoms with van der Waals surface area (Å²) in [5, 5.41) is 9.46. The van der Waals surface area contributed by atoms with Gasteiger partial charge in [-0.2, -0.15) is 0 Å². The highest BCUT2D eigenvalue weighted by Gasteiger charge is 2.45. The van der Waals surface area contributed by atoms with Crippen molar-refractivity contribution >= 4 is 27.8 Å². The number of nitrogens with zero attached hydrogens (tertiary/aromatic N) is 2. The molecule has 2 heterocycles. The smallest absolute Gasteiger partial charge is 0.311 e. The van der Waals surface area contributed by atoms with Gasteiger partial charge >= 0.3 is 5.97 Å². The van der Waals surface area contributed by atoms with Gasteiger partial charge in [0.1, 0.15) is 5.69 Å². The lowest BCUT2D eigenvalue weighted by molar-refractivity contribution is -0.148. The average Bonchev–Trinajstić information content (AvgIpc) is 2.85. The molecule has 1 aliphatic heterocycles. The number of carbonyl (C=O) groups excluding carboxylic acids is 1. The molecule has 108 valence electrons. The van der Waals surface area contributed by atoms with Gasteiger partial charge in [0, 0.05) is 23.8 Å². The van der Waals surface area contributed by atoms with Crippen LogP contribution in [0.4, 0.5) is 0 Å². The Kier molecular flexibility index (Phi) is 4.42. The Morgan fingerprint density at radius 1 is 1.55 bits per heavy atom. The van der Waals surface area contributed by atoms with Gasteiger partial charge in [0.25, 0.3) is 5.91 Å². The van der Waals surface area contributed by atoms with Crippen LogP contribution in [0.3, 0.4) is 0 Å². The molecule has 2 rings (SSSR count). The van der Waals surface area contributed by atoms with Crippen LogP contribution in [0.5, 0.6) is 0 Å². The lowest BCUT2D eigenvalue weighted by Crippen LogP contribution is -2.37. The summed E-state index contributed by atoms with van der Waals surface area (Å²) in [6, 6.07) is 3.50. The van der Waals surface area contributed by atoms with E-state index in [-0.39, 0.29) is 12.5 Å². The third-order valence-electron chi connectivity index (χ3n) is 3.78. The van der Waals surface area contributed by atoms with Gasteiger partial charge in [-0.3, -0.25) is 9.59 Å². The van der Waals surface area contributed by atoms with E-state index in [1.165, 1.54) is 0 Å². The van der Waals surface area contributed by atoms with Crippen molar-refractivity contribution in [2.45, 2.75) is 26.2 Å². The second kappa shape index (κ2) is 5.91. The molecule has 5 nitrogen and oxygen atoms in total. The normalized spacial score (nSPS) is 22.0. The molecule has 1 saturated heterocycles. The number of amides is 1. The Hall–Kier alpha value is -1.43. The maximum absolute atomic E-state index is 12.4. The zero-order chi connectivity index (χ0) is 14.8. The Bertz CT molecular complexity index is 535. The van der Waals surface area contributed by atoms with Gasteiger partial charge in [-0.05, 0) is 40.9 Å². The lowest BCUT2D eigenvalue weighted by atomic mass is 9.83. The molecule has 1 atom stereocenters. The average molecular weight is 341 g/mol. The number of carbonyl (C=O) groups is 2. The first-order chi connectivity index (χ1) is 9.50. The molecule has 6 heteroatoms. The van der Waals surface area contributed by atoms with Crippen LogP contribution in [0.2, 0.25) is 0 Å². The predicted molar refractivity (Wildman–Crippen MR) is 77.4 cm³/mol. The standard InChI is InChI=1S/C14H17BrN2O3/c1-2-5-14(13(19)20)6-8-17(9-14)12(18)11-10(15)4-3-7-16-11/h3-4,7H,2,5-6,8-9H2,1H3,(H,19,20). The molecule has 1 unspecified atom stereocenters. The predicted octanol–water partition coefficient (Wildman–Crippen LogP) is 2.56. The van der Waals surface area contributed by atoms with E-state index in [4.69, 9.17) is 0 Å². The number of carboxylic acids is 1. The van der Waals surface area contributed by atoms with Crippen molar-refractivity contribution in [3.8, 4) is 0 Å². The number of halogens is 1. The van der Waals surface area contributed by atoms with Crippen molar-refractivity contribution in [2.75, 3.05) is 13.1 Å². The lowest BCUT2D eigenvalue weighted by Gasteiger charge is -2.24. The highest BCUT2D eigenvalue weighted by atomic mass is 79.9. The van der Waals surface area contributed by atoms with Gasteiger partial charge in [-0.1, -0.05) is 13.3 Å². The summed E-state index contributed by atoms with van der Waals surface area (Å²) in [7, 11) is 0. The highest BCUT2D eigenvalue weighted by Crippen LogP contribution is 2.36. The molecule has 0 aromatic carbocycles. The molecular weight excluding hydrogens is 324 g/mol. The van der Waals surface area contributed by atoms with Crippen LogP contribution in [0.25, 0.3) is 0 Å². The zero-order valence-corrected chi connectivity index (χ0v) is 12.9. The molecule has 0 aliphatic carbocycles. The fraction of sp³-hybridized carbons (Fsp3) is 0.500. The zero-order valence-electron chi connectivity index (χ0n) is 11.3. The largest absolute Gasteiger partial charge is 0.481 e. The Balaban J connectivity index is 2.19. The third kappa shape index (κ3) is 2.70. The van der Waals surface area contributed by atoms with E-state index in [1.54, 1.807) is 23.2 Å². The maximum atomic E-state index is 12.4. The molecule has 1 N–H and O–H groups in total. The number of hydrogen-bond donors (Lipinski definition) is 1.